The molecule has 0 saturated carbocycles. The van der Waals surface area contributed by atoms with Gasteiger partial charge in [-0.15, -0.1) is 0 Å². The second-order valence-corrected chi connectivity index (χ2v) is 7.11. The molecule has 1 aromatic carbocycles. The van der Waals surface area contributed by atoms with E-state index in [1.54, 1.807) is 13.2 Å². The van der Waals surface area contributed by atoms with E-state index >= 15 is 0 Å². The number of ketones is 2. The molecule has 1 fully saturated rings. The van der Waals surface area contributed by atoms with E-state index in [4.69, 9.17) is 4.74 Å². The zero-order valence-electron chi connectivity index (χ0n) is 15.9. The number of nitrogens with zero attached hydrogens (tertiary/aromatic N) is 1. The Morgan fingerprint density at radius 3 is 2.48 bits per heavy atom. The highest BCUT2D eigenvalue weighted by Gasteiger charge is 2.27. The molecule has 3 rings (SSSR count). The molecule has 0 atom stereocenters. The second-order valence-electron chi connectivity index (χ2n) is 7.11. The van der Waals surface area contributed by atoms with Crippen LogP contribution in [0, 0.1) is 5.92 Å². The standard InChI is InChI=1S/C20H25N3O4/c1-23(2)20(26)19(25)16-10-22-17-8-13(11-27-3)14(9-15(16)17)18(24)12-4-6-21-7-5-12/h8-10,12,21-22H,4-7,11H2,1-3H3. The number of rotatable bonds is 6. The van der Waals surface area contributed by atoms with Crippen LogP contribution >= 0.6 is 0 Å². The molecule has 2 N–H and O–H groups in total. The van der Waals surface area contributed by atoms with E-state index in [2.05, 4.69) is 10.3 Å². The number of hydrogen-bond acceptors (Lipinski definition) is 5. The molecule has 7 heteroatoms. The van der Waals surface area contributed by atoms with Crippen molar-refractivity contribution in [1.29, 1.82) is 0 Å². The maximum atomic E-state index is 13.1. The van der Waals surface area contributed by atoms with Crippen molar-refractivity contribution in [3.63, 3.8) is 0 Å². The summed E-state index contributed by atoms with van der Waals surface area (Å²) in [5, 5.41) is 3.85. The Morgan fingerprint density at radius 2 is 1.85 bits per heavy atom. The van der Waals surface area contributed by atoms with Crippen LogP contribution in [0.2, 0.25) is 0 Å². The number of hydrogen-bond donors (Lipinski definition) is 2. The lowest BCUT2D eigenvalue weighted by Gasteiger charge is -2.22. The average Bonchev–Trinajstić information content (AvgIpc) is 3.09. The third-order valence-electron chi connectivity index (χ3n) is 5.03. The van der Waals surface area contributed by atoms with Gasteiger partial charge in [0.25, 0.3) is 11.7 Å². The van der Waals surface area contributed by atoms with Crippen LogP contribution in [0.3, 0.4) is 0 Å². The number of nitrogens with one attached hydrogen (secondary N) is 2. The number of H-pyrrole nitrogens is 1. The van der Waals surface area contributed by atoms with Gasteiger partial charge in [-0.1, -0.05) is 0 Å². The molecule has 27 heavy (non-hydrogen) atoms. The van der Waals surface area contributed by atoms with Crippen molar-refractivity contribution < 1.29 is 19.1 Å². The van der Waals surface area contributed by atoms with Crippen molar-refractivity contribution in [2.24, 2.45) is 5.92 Å². The van der Waals surface area contributed by atoms with Crippen molar-refractivity contribution in [2.45, 2.75) is 19.4 Å². The first kappa shape index (κ1) is 19.3. The molecule has 0 bridgehead atoms. The van der Waals surface area contributed by atoms with Crippen LogP contribution in [-0.4, -0.2) is 61.7 Å². The molecule has 0 spiro atoms. The zero-order chi connectivity index (χ0) is 19.6. The monoisotopic (exact) mass is 371 g/mol. The number of Topliss-reactive ketones (excluding diaryl/α,β-unsaturated/α-hetero) is 2. The lowest BCUT2D eigenvalue weighted by atomic mass is 9.87. The highest BCUT2D eigenvalue weighted by atomic mass is 16.5. The molecular formula is C20H25N3O4. The predicted octanol–water partition coefficient (Wildman–Crippen LogP) is 1.77. The number of ether oxygens (including phenoxy) is 1. The highest BCUT2D eigenvalue weighted by molar-refractivity contribution is 6.44. The van der Waals surface area contributed by atoms with Gasteiger partial charge in [-0.25, -0.2) is 0 Å². The van der Waals surface area contributed by atoms with Crippen molar-refractivity contribution in [2.75, 3.05) is 34.3 Å². The maximum Gasteiger partial charge on any atom is 0.294 e. The minimum atomic E-state index is -0.594. The number of piperidine rings is 1. The van der Waals surface area contributed by atoms with Crippen molar-refractivity contribution in [3.05, 3.63) is 35.0 Å². The van der Waals surface area contributed by atoms with Gasteiger partial charge in [0.05, 0.1) is 12.2 Å². The summed E-state index contributed by atoms with van der Waals surface area (Å²) in [5.74, 6) is -1.15. The van der Waals surface area contributed by atoms with E-state index in [0.29, 0.717) is 23.1 Å². The second kappa shape index (κ2) is 8.02. The van der Waals surface area contributed by atoms with Crippen molar-refractivity contribution >= 4 is 28.4 Å². The Kier molecular flexibility index (Phi) is 5.72. The zero-order valence-corrected chi connectivity index (χ0v) is 15.9. The molecule has 144 valence electrons. The molecule has 1 aliphatic rings. The van der Waals surface area contributed by atoms with Gasteiger partial charge in [0.1, 0.15) is 0 Å². The number of carbonyl (C=O) groups excluding carboxylic acids is 3. The number of aromatic nitrogens is 1. The lowest BCUT2D eigenvalue weighted by molar-refractivity contribution is -0.124. The van der Waals surface area contributed by atoms with Crippen LogP contribution in [0.1, 0.15) is 39.1 Å². The molecule has 1 aromatic heterocycles. The van der Waals surface area contributed by atoms with Gasteiger partial charge in [-0.05, 0) is 43.6 Å². The largest absolute Gasteiger partial charge is 0.380 e. The Labute approximate surface area is 158 Å². The van der Waals surface area contributed by atoms with Crippen molar-refractivity contribution in [3.8, 4) is 0 Å². The molecule has 2 aromatic rings. The topological polar surface area (TPSA) is 91.5 Å². The summed E-state index contributed by atoms with van der Waals surface area (Å²) in [7, 11) is 4.66. The van der Waals surface area contributed by atoms with E-state index < -0.39 is 11.7 Å². The van der Waals surface area contributed by atoms with Gasteiger partial charge < -0.3 is 19.9 Å². The molecule has 1 amide bonds. The highest BCUT2D eigenvalue weighted by Crippen LogP contribution is 2.28. The summed E-state index contributed by atoms with van der Waals surface area (Å²) < 4.78 is 5.27. The van der Waals surface area contributed by atoms with E-state index in [9.17, 15) is 14.4 Å². The fraction of sp³-hybridized carbons (Fsp3) is 0.450. The molecular weight excluding hydrogens is 346 g/mol. The van der Waals surface area contributed by atoms with E-state index in [1.807, 2.05) is 6.07 Å². The van der Waals surface area contributed by atoms with Gasteiger partial charge in [0, 0.05) is 49.8 Å². The van der Waals surface area contributed by atoms with E-state index in [-0.39, 0.29) is 17.3 Å². The van der Waals surface area contributed by atoms with Crippen LogP contribution in [0.15, 0.2) is 18.3 Å². The van der Waals surface area contributed by atoms with Crippen LogP contribution in [0.4, 0.5) is 0 Å². The third kappa shape index (κ3) is 3.79. The van der Waals surface area contributed by atoms with Crippen LogP contribution in [0.5, 0.6) is 0 Å². The summed E-state index contributed by atoms with van der Waals surface area (Å²) >= 11 is 0. The van der Waals surface area contributed by atoms with E-state index in [1.165, 1.54) is 25.2 Å². The Hall–Kier alpha value is -2.51. The first-order valence-corrected chi connectivity index (χ1v) is 9.08. The van der Waals surface area contributed by atoms with Gasteiger partial charge in [0.15, 0.2) is 5.78 Å². The normalized spacial score (nSPS) is 15.1. The molecule has 0 unspecified atom stereocenters. The minimum Gasteiger partial charge on any atom is -0.380 e. The summed E-state index contributed by atoms with van der Waals surface area (Å²) in [6.07, 6.45) is 3.12. The number of aromatic amines is 1. The first-order chi connectivity index (χ1) is 12.9. The van der Waals surface area contributed by atoms with Gasteiger partial charge in [-0.2, -0.15) is 0 Å². The quantitative estimate of drug-likeness (QED) is 0.596. The van der Waals surface area contributed by atoms with Crippen molar-refractivity contribution in [1.82, 2.24) is 15.2 Å². The summed E-state index contributed by atoms with van der Waals surface area (Å²) in [5.41, 5.74) is 2.35. The van der Waals surface area contributed by atoms with Crippen LogP contribution < -0.4 is 5.32 Å². The number of methoxy groups -OCH3 is 1. The summed E-state index contributed by atoms with van der Waals surface area (Å²) in [6.45, 7) is 1.95. The summed E-state index contributed by atoms with van der Waals surface area (Å²) in [6, 6.07) is 3.57. The van der Waals surface area contributed by atoms with Gasteiger partial charge >= 0.3 is 0 Å². The fourth-order valence-electron chi connectivity index (χ4n) is 3.53. The van der Waals surface area contributed by atoms with Gasteiger partial charge in [-0.3, -0.25) is 14.4 Å². The van der Waals surface area contributed by atoms with Crippen LogP contribution in [-0.2, 0) is 16.1 Å². The average molecular weight is 371 g/mol. The number of likely N-dealkylation sites (N-methyl/N-ethyl adjacent to an activating group) is 1. The SMILES string of the molecule is COCc1cc2[nH]cc(C(=O)C(=O)N(C)C)c2cc1C(=O)C1CCNCC1. The Bertz CT molecular complexity index is 879. The Balaban J connectivity index is 2.06. The maximum absolute atomic E-state index is 13.1. The number of fused-ring (bicyclic) bond motifs is 1. The fourth-order valence-corrected chi connectivity index (χ4v) is 3.53. The smallest absolute Gasteiger partial charge is 0.294 e. The molecule has 2 heterocycles. The van der Waals surface area contributed by atoms with E-state index in [0.717, 1.165) is 31.5 Å². The molecule has 0 aliphatic carbocycles. The molecule has 1 saturated heterocycles. The molecule has 0 radical (unpaired) electrons. The first-order valence-electron chi connectivity index (χ1n) is 9.08. The lowest BCUT2D eigenvalue weighted by Crippen LogP contribution is -2.32. The molecule has 1 aliphatic heterocycles. The molecule has 7 nitrogen and oxygen atoms in total. The predicted molar refractivity (Wildman–Crippen MR) is 102 cm³/mol. The number of carbonyl (C=O) groups is 3. The van der Waals surface area contributed by atoms with Gasteiger partial charge in [0.2, 0.25) is 0 Å². The third-order valence-corrected chi connectivity index (χ3v) is 5.03. The van der Waals surface area contributed by atoms with Crippen LogP contribution in [0.25, 0.3) is 10.9 Å². The number of benzene rings is 1. The summed E-state index contributed by atoms with van der Waals surface area (Å²) in [4.78, 5) is 42.0. The Morgan fingerprint density at radius 1 is 1.15 bits per heavy atom. The number of amides is 1. The minimum absolute atomic E-state index is 0.0409.